The van der Waals surface area contributed by atoms with Gasteiger partial charge in [0, 0.05) is 0 Å². The second-order valence-electron chi connectivity index (χ2n) is 0.831. The fraction of sp³-hybridized carbons (Fsp3) is 1.00. The summed E-state index contributed by atoms with van der Waals surface area (Å²) in [6.45, 7) is 0. The van der Waals surface area contributed by atoms with Crippen LogP contribution in [-0.2, 0) is 0 Å². The standard InChI is InChI=1S/C3H8AsCl/c4-2-1-3-5/h1-4H2. The van der Waals surface area contributed by atoms with Gasteiger partial charge in [0.25, 0.3) is 0 Å². The van der Waals surface area contributed by atoms with E-state index in [2.05, 4.69) is 0 Å². The predicted octanol–water partition coefficient (Wildman–Crippen LogP) is 0.667. The molecule has 0 aromatic rings. The molecule has 0 aromatic carbocycles. The number of hydrogen-bond donors (Lipinski definition) is 0. The van der Waals surface area contributed by atoms with Crippen LogP contribution in [0.25, 0.3) is 0 Å². The van der Waals surface area contributed by atoms with E-state index in [9.17, 15) is 0 Å². The summed E-state index contributed by atoms with van der Waals surface area (Å²) < 4.78 is 0. The average Bonchev–Trinajstić information content (AvgIpc) is 1.41. The Morgan fingerprint density at radius 3 is 2.20 bits per heavy atom. The van der Waals surface area contributed by atoms with Crippen molar-refractivity contribution in [3.8, 4) is 0 Å². The van der Waals surface area contributed by atoms with Crippen LogP contribution in [0.1, 0.15) is 6.42 Å². The van der Waals surface area contributed by atoms with Gasteiger partial charge in [-0.25, -0.2) is 0 Å². The molecule has 0 radical (unpaired) electrons. The molecular formula is C3H8AsCl. The summed E-state index contributed by atoms with van der Waals surface area (Å²) in [6, 6.07) is 0. The first-order valence-corrected chi connectivity index (χ1v) is 3.92. The van der Waals surface area contributed by atoms with Gasteiger partial charge in [0.05, 0.1) is 0 Å². The van der Waals surface area contributed by atoms with E-state index in [1.807, 2.05) is 0 Å². The van der Waals surface area contributed by atoms with E-state index in [1.165, 1.54) is 11.6 Å². The van der Waals surface area contributed by atoms with Crippen LogP contribution in [0.15, 0.2) is 0 Å². The number of halogens is 1. The Hall–Kier alpha value is 0.848. The zero-order chi connectivity index (χ0) is 4.12. The molecule has 0 N–H and O–H groups in total. The molecule has 0 amide bonds. The Balaban J connectivity index is 2.19. The van der Waals surface area contributed by atoms with Gasteiger partial charge < -0.3 is 0 Å². The van der Waals surface area contributed by atoms with Crippen LogP contribution in [0.3, 0.4) is 0 Å². The van der Waals surface area contributed by atoms with E-state index in [1.54, 1.807) is 16.9 Å². The van der Waals surface area contributed by atoms with Gasteiger partial charge in [-0.1, -0.05) is 0 Å². The third-order valence-corrected chi connectivity index (χ3v) is 1.46. The van der Waals surface area contributed by atoms with Gasteiger partial charge in [-0.2, -0.15) is 0 Å². The molecule has 0 heterocycles. The summed E-state index contributed by atoms with van der Waals surface area (Å²) in [7, 11) is 0. The first kappa shape index (κ1) is 5.85. The van der Waals surface area contributed by atoms with Crippen LogP contribution in [0.4, 0.5) is 0 Å². The molecule has 2 heteroatoms. The molecule has 32 valence electrons. The Morgan fingerprint density at radius 2 is 2.20 bits per heavy atom. The van der Waals surface area contributed by atoms with Crippen molar-refractivity contribution in [1.29, 1.82) is 0 Å². The molecular weight excluding hydrogens is 146 g/mol. The van der Waals surface area contributed by atoms with Crippen molar-refractivity contribution < 1.29 is 0 Å². The number of alkyl halides is 1. The maximum atomic E-state index is 5.31. The maximum absolute atomic E-state index is 5.31. The zero-order valence-corrected chi connectivity index (χ0v) is 6.26. The summed E-state index contributed by atoms with van der Waals surface area (Å²) in [5, 5.41) is 1.27. The topological polar surface area (TPSA) is 0 Å². The van der Waals surface area contributed by atoms with E-state index >= 15 is 0 Å². The summed E-state index contributed by atoms with van der Waals surface area (Å²) >= 11 is 7.07. The summed E-state index contributed by atoms with van der Waals surface area (Å²) in [5.41, 5.74) is 0. The molecule has 0 aliphatic rings. The quantitative estimate of drug-likeness (QED) is 0.405. The first-order valence-electron chi connectivity index (χ1n) is 1.68. The fourth-order valence-corrected chi connectivity index (χ4v) is 1.20. The molecule has 0 fully saturated rings. The van der Waals surface area contributed by atoms with Crippen molar-refractivity contribution in [3.05, 3.63) is 0 Å². The van der Waals surface area contributed by atoms with Gasteiger partial charge in [0.1, 0.15) is 0 Å². The predicted molar refractivity (Wildman–Crippen MR) is 28.7 cm³/mol. The molecule has 0 aromatic heterocycles. The van der Waals surface area contributed by atoms with Crippen molar-refractivity contribution in [2.45, 2.75) is 11.6 Å². The van der Waals surface area contributed by atoms with Gasteiger partial charge in [-0.3, -0.25) is 0 Å². The molecule has 0 saturated heterocycles. The molecule has 0 bridgehead atoms. The second kappa shape index (κ2) is 4.85. The fourth-order valence-electron chi connectivity index (χ4n) is 0.0772. The minimum atomic E-state index is 0.832. The third kappa shape index (κ3) is 4.85. The van der Waals surface area contributed by atoms with Crippen LogP contribution in [0.5, 0.6) is 0 Å². The molecule has 1 unspecified atom stereocenters. The van der Waals surface area contributed by atoms with E-state index < -0.39 is 0 Å². The zero-order valence-electron chi connectivity index (χ0n) is 3.08. The molecule has 5 heavy (non-hydrogen) atoms. The van der Waals surface area contributed by atoms with Gasteiger partial charge in [0.2, 0.25) is 0 Å². The van der Waals surface area contributed by atoms with Gasteiger partial charge in [-0.15, -0.1) is 0 Å². The summed E-state index contributed by atoms with van der Waals surface area (Å²) in [6.07, 6.45) is 1.18. The Morgan fingerprint density at radius 1 is 1.60 bits per heavy atom. The third-order valence-electron chi connectivity index (χ3n) is 0.338. The number of hydrogen-bond acceptors (Lipinski definition) is 0. The first-order chi connectivity index (χ1) is 2.41. The Bertz CT molecular complexity index is 14.4. The molecule has 0 spiro atoms. The van der Waals surface area contributed by atoms with E-state index in [-0.39, 0.29) is 0 Å². The van der Waals surface area contributed by atoms with Crippen molar-refractivity contribution >= 4 is 28.5 Å². The van der Waals surface area contributed by atoms with Crippen molar-refractivity contribution in [2.75, 3.05) is 5.88 Å². The molecule has 0 nitrogen and oxygen atoms in total. The van der Waals surface area contributed by atoms with E-state index in [0.29, 0.717) is 0 Å². The Kier molecular flexibility index (Phi) is 5.67. The molecule has 0 saturated carbocycles. The number of rotatable bonds is 2. The van der Waals surface area contributed by atoms with Crippen LogP contribution in [0, 0.1) is 0 Å². The van der Waals surface area contributed by atoms with Crippen molar-refractivity contribution in [3.63, 3.8) is 0 Å². The van der Waals surface area contributed by atoms with Crippen LogP contribution >= 0.6 is 11.6 Å². The summed E-state index contributed by atoms with van der Waals surface area (Å²) in [4.78, 5) is 0. The molecule has 0 aliphatic heterocycles. The van der Waals surface area contributed by atoms with Crippen molar-refractivity contribution in [1.82, 2.24) is 0 Å². The monoisotopic (exact) mass is 154 g/mol. The summed E-state index contributed by atoms with van der Waals surface area (Å²) in [5.74, 6) is 0.832. The minimum absolute atomic E-state index is 0.832. The van der Waals surface area contributed by atoms with Crippen molar-refractivity contribution in [2.24, 2.45) is 0 Å². The van der Waals surface area contributed by atoms with Crippen LogP contribution < -0.4 is 0 Å². The van der Waals surface area contributed by atoms with Gasteiger partial charge in [-0.05, 0) is 0 Å². The normalized spacial score (nSPS) is 8.40. The van der Waals surface area contributed by atoms with E-state index in [4.69, 9.17) is 11.6 Å². The average molecular weight is 154 g/mol. The molecule has 0 aliphatic carbocycles. The SMILES string of the molecule is ClCCC[AsH2]. The second-order valence-corrected chi connectivity index (χ2v) is 2.42. The van der Waals surface area contributed by atoms with Gasteiger partial charge in [0.15, 0.2) is 0 Å². The molecule has 0 rings (SSSR count). The van der Waals surface area contributed by atoms with Gasteiger partial charge >= 0.3 is 46.0 Å². The van der Waals surface area contributed by atoms with Crippen LogP contribution in [0.2, 0.25) is 5.21 Å². The van der Waals surface area contributed by atoms with Crippen LogP contribution in [-0.4, -0.2) is 22.7 Å². The molecule has 1 atom stereocenters. The van der Waals surface area contributed by atoms with E-state index in [0.717, 1.165) is 5.88 Å². The Labute approximate surface area is 46.4 Å².